The monoisotopic (exact) mass is 316 g/mol. The molecule has 22 heavy (non-hydrogen) atoms. The lowest BCUT2D eigenvalue weighted by Crippen LogP contribution is -2.24. The van der Waals surface area contributed by atoms with Crippen LogP contribution >= 0.6 is 11.6 Å². The molecule has 5 heteroatoms. The molecule has 2 aromatic carbocycles. The van der Waals surface area contributed by atoms with Gasteiger partial charge in [0.15, 0.2) is 6.61 Å². The number of para-hydroxylation sites is 1. The van der Waals surface area contributed by atoms with Gasteiger partial charge < -0.3 is 4.74 Å². The molecule has 4 nitrogen and oxygen atoms in total. The summed E-state index contributed by atoms with van der Waals surface area (Å²) < 4.78 is 5.32. The number of ether oxygens (including phenoxy) is 1. The second kappa shape index (κ2) is 8.20. The van der Waals surface area contributed by atoms with Crippen molar-refractivity contribution in [3.8, 4) is 5.75 Å². The van der Waals surface area contributed by atoms with Gasteiger partial charge in [-0.2, -0.15) is 5.10 Å². The standard InChI is InChI=1S/C17H17ClN2O2/c1-13(14-7-3-2-4-8-14)11-19-20-17(21)12-22-16-10-6-5-9-15(16)18/h2-11,13H,12H2,1H3,(H,20,21)/b19-11+. The zero-order valence-electron chi connectivity index (χ0n) is 12.2. The highest BCUT2D eigenvalue weighted by molar-refractivity contribution is 6.32. The zero-order chi connectivity index (χ0) is 15.8. The van der Waals surface area contributed by atoms with Crippen LogP contribution in [-0.4, -0.2) is 18.7 Å². The Labute approximate surface area is 134 Å². The van der Waals surface area contributed by atoms with Gasteiger partial charge in [0.25, 0.3) is 5.91 Å². The molecule has 0 heterocycles. The summed E-state index contributed by atoms with van der Waals surface area (Å²) in [5, 5.41) is 4.41. The summed E-state index contributed by atoms with van der Waals surface area (Å²) in [4.78, 5) is 11.7. The Kier molecular flexibility index (Phi) is 5.98. The minimum atomic E-state index is -0.337. The Bertz CT molecular complexity index is 644. The van der Waals surface area contributed by atoms with E-state index in [4.69, 9.17) is 16.3 Å². The molecule has 0 bridgehead atoms. The van der Waals surface area contributed by atoms with Crippen LogP contribution in [0.3, 0.4) is 0 Å². The number of carbonyl (C=O) groups is 1. The van der Waals surface area contributed by atoms with Crippen LogP contribution in [0.2, 0.25) is 5.02 Å². The molecule has 1 N–H and O–H groups in total. The predicted molar refractivity (Wildman–Crippen MR) is 88.4 cm³/mol. The minimum Gasteiger partial charge on any atom is -0.482 e. The topological polar surface area (TPSA) is 50.7 Å². The second-order valence-corrected chi connectivity index (χ2v) is 5.14. The Morgan fingerprint density at radius 1 is 1.23 bits per heavy atom. The van der Waals surface area contributed by atoms with Gasteiger partial charge in [0.05, 0.1) is 5.02 Å². The van der Waals surface area contributed by atoms with Gasteiger partial charge in [0.2, 0.25) is 0 Å². The van der Waals surface area contributed by atoms with Crippen LogP contribution in [0.4, 0.5) is 0 Å². The third kappa shape index (κ3) is 4.90. The van der Waals surface area contributed by atoms with E-state index >= 15 is 0 Å². The molecule has 0 aliphatic rings. The first-order valence-electron chi connectivity index (χ1n) is 6.91. The number of nitrogens with zero attached hydrogens (tertiary/aromatic N) is 1. The smallest absolute Gasteiger partial charge is 0.277 e. The minimum absolute atomic E-state index is 0.117. The average Bonchev–Trinajstić information content (AvgIpc) is 2.55. The van der Waals surface area contributed by atoms with Gasteiger partial charge in [-0.15, -0.1) is 0 Å². The molecule has 0 spiro atoms. The van der Waals surface area contributed by atoms with E-state index in [9.17, 15) is 4.79 Å². The largest absolute Gasteiger partial charge is 0.482 e. The quantitative estimate of drug-likeness (QED) is 0.653. The molecule has 1 amide bonds. The van der Waals surface area contributed by atoms with Gasteiger partial charge in [-0.3, -0.25) is 4.79 Å². The summed E-state index contributed by atoms with van der Waals surface area (Å²) in [6, 6.07) is 16.9. The molecule has 0 fully saturated rings. The van der Waals surface area contributed by atoms with E-state index in [-0.39, 0.29) is 18.4 Å². The molecule has 1 unspecified atom stereocenters. The molecule has 0 aliphatic carbocycles. The van der Waals surface area contributed by atoms with E-state index in [1.165, 1.54) is 0 Å². The maximum absolute atomic E-state index is 11.7. The summed E-state index contributed by atoms with van der Waals surface area (Å²) in [6.07, 6.45) is 1.68. The van der Waals surface area contributed by atoms with Gasteiger partial charge >= 0.3 is 0 Å². The first-order chi connectivity index (χ1) is 10.7. The normalized spacial score (nSPS) is 12.1. The molecule has 1 atom stereocenters. The molecule has 2 rings (SSSR count). The number of benzene rings is 2. The summed E-state index contributed by atoms with van der Waals surface area (Å²) in [6.45, 7) is 1.87. The first kappa shape index (κ1) is 16.0. The Balaban J connectivity index is 1.78. The lowest BCUT2D eigenvalue weighted by molar-refractivity contribution is -0.123. The molecular formula is C17H17ClN2O2. The fraction of sp³-hybridized carbons (Fsp3) is 0.176. The van der Waals surface area contributed by atoms with E-state index < -0.39 is 0 Å². The number of hydrogen-bond donors (Lipinski definition) is 1. The van der Waals surface area contributed by atoms with E-state index in [2.05, 4.69) is 10.5 Å². The van der Waals surface area contributed by atoms with Gasteiger partial charge in [-0.25, -0.2) is 5.43 Å². The molecule has 0 saturated heterocycles. The van der Waals surface area contributed by atoms with Crippen LogP contribution < -0.4 is 10.2 Å². The van der Waals surface area contributed by atoms with Crippen molar-refractivity contribution in [1.82, 2.24) is 5.43 Å². The SMILES string of the molecule is CC(/C=N/NC(=O)COc1ccccc1Cl)c1ccccc1. The van der Waals surface area contributed by atoms with Gasteiger partial charge in [0, 0.05) is 12.1 Å². The van der Waals surface area contributed by atoms with Crippen LogP contribution in [0.25, 0.3) is 0 Å². The third-order valence-electron chi connectivity index (χ3n) is 3.01. The molecule has 0 saturated carbocycles. The van der Waals surface area contributed by atoms with E-state index in [1.54, 1.807) is 30.5 Å². The van der Waals surface area contributed by atoms with Crippen molar-refractivity contribution in [2.45, 2.75) is 12.8 Å². The fourth-order valence-electron chi connectivity index (χ4n) is 1.80. The molecular weight excluding hydrogens is 300 g/mol. The number of amides is 1. The molecule has 114 valence electrons. The second-order valence-electron chi connectivity index (χ2n) is 4.73. The lowest BCUT2D eigenvalue weighted by atomic mass is 10.0. The number of hydrogen-bond acceptors (Lipinski definition) is 3. The van der Waals surface area contributed by atoms with E-state index in [0.29, 0.717) is 10.8 Å². The summed E-state index contributed by atoms with van der Waals surface area (Å²) in [5.74, 6) is 0.253. The van der Waals surface area contributed by atoms with Crippen molar-refractivity contribution in [3.05, 3.63) is 65.2 Å². The van der Waals surface area contributed by atoms with Crippen molar-refractivity contribution in [2.75, 3.05) is 6.61 Å². The Morgan fingerprint density at radius 3 is 2.64 bits per heavy atom. The number of hydrazone groups is 1. The van der Waals surface area contributed by atoms with Crippen molar-refractivity contribution < 1.29 is 9.53 Å². The molecule has 0 aromatic heterocycles. The first-order valence-corrected chi connectivity index (χ1v) is 7.29. The third-order valence-corrected chi connectivity index (χ3v) is 3.32. The van der Waals surface area contributed by atoms with Crippen LogP contribution in [0.1, 0.15) is 18.4 Å². The highest BCUT2D eigenvalue weighted by atomic mass is 35.5. The molecule has 2 aromatic rings. The number of nitrogens with one attached hydrogen (secondary N) is 1. The van der Waals surface area contributed by atoms with Crippen LogP contribution in [0.15, 0.2) is 59.7 Å². The lowest BCUT2D eigenvalue weighted by Gasteiger charge is -2.07. The molecule has 0 aliphatic heterocycles. The van der Waals surface area contributed by atoms with Gasteiger partial charge in [-0.1, -0.05) is 61.0 Å². The number of carbonyl (C=O) groups excluding carboxylic acids is 1. The van der Waals surface area contributed by atoms with Crippen molar-refractivity contribution >= 4 is 23.7 Å². The van der Waals surface area contributed by atoms with Crippen molar-refractivity contribution in [3.63, 3.8) is 0 Å². The highest BCUT2D eigenvalue weighted by Crippen LogP contribution is 2.22. The zero-order valence-corrected chi connectivity index (χ0v) is 13.0. The summed E-state index contributed by atoms with van der Waals surface area (Å²) >= 11 is 5.94. The van der Waals surface area contributed by atoms with Crippen LogP contribution in [-0.2, 0) is 4.79 Å². The average molecular weight is 317 g/mol. The predicted octanol–water partition coefficient (Wildman–Crippen LogP) is 3.62. The highest BCUT2D eigenvalue weighted by Gasteiger charge is 2.05. The Hall–Kier alpha value is -2.33. The maximum atomic E-state index is 11.7. The van der Waals surface area contributed by atoms with Crippen LogP contribution in [0, 0.1) is 0 Å². The van der Waals surface area contributed by atoms with Crippen LogP contribution in [0.5, 0.6) is 5.75 Å². The number of rotatable bonds is 6. The fourth-order valence-corrected chi connectivity index (χ4v) is 1.99. The van der Waals surface area contributed by atoms with E-state index in [1.807, 2.05) is 37.3 Å². The van der Waals surface area contributed by atoms with Gasteiger partial charge in [-0.05, 0) is 17.7 Å². The molecule has 0 radical (unpaired) electrons. The summed E-state index contributed by atoms with van der Waals surface area (Å²) in [5.41, 5.74) is 3.57. The van der Waals surface area contributed by atoms with E-state index in [0.717, 1.165) is 5.56 Å². The number of halogens is 1. The van der Waals surface area contributed by atoms with Crippen molar-refractivity contribution in [1.29, 1.82) is 0 Å². The summed E-state index contributed by atoms with van der Waals surface area (Å²) in [7, 11) is 0. The Morgan fingerprint density at radius 2 is 1.91 bits per heavy atom. The maximum Gasteiger partial charge on any atom is 0.277 e. The van der Waals surface area contributed by atoms with Crippen molar-refractivity contribution in [2.24, 2.45) is 5.10 Å². The van der Waals surface area contributed by atoms with Gasteiger partial charge in [0.1, 0.15) is 5.75 Å².